The Hall–Kier alpha value is -7.30. The molecular weight excluding hydrogens is 681 g/mol. The third kappa shape index (κ3) is 5.07. The van der Waals surface area contributed by atoms with E-state index in [2.05, 4.69) is 227 Å². The van der Waals surface area contributed by atoms with Gasteiger partial charge in [-0.15, -0.1) is 0 Å². The number of benzene rings is 8. The number of anilines is 3. The monoisotopic (exact) mass is 718 g/mol. The second-order valence-electron chi connectivity index (χ2n) is 14.9. The van der Waals surface area contributed by atoms with Crippen molar-refractivity contribution in [3.8, 4) is 17.1 Å². The summed E-state index contributed by atoms with van der Waals surface area (Å²) in [6.45, 7) is 4.29. The first-order chi connectivity index (χ1) is 27.6. The molecule has 0 N–H and O–H groups in total. The molecule has 0 radical (unpaired) electrons. The average molecular weight is 719 g/mol. The number of rotatable bonds is 6. The first-order valence-corrected chi connectivity index (χ1v) is 19.3. The smallest absolute Gasteiger partial charge is 0.0548 e. The maximum Gasteiger partial charge on any atom is 0.0548 e. The van der Waals surface area contributed by atoms with Gasteiger partial charge in [0.05, 0.1) is 27.6 Å². The molecular formula is C52H38N4. The van der Waals surface area contributed by atoms with Crippen molar-refractivity contribution < 1.29 is 0 Å². The van der Waals surface area contributed by atoms with E-state index >= 15 is 0 Å². The van der Waals surface area contributed by atoms with Gasteiger partial charge in [0.2, 0.25) is 0 Å². The molecule has 0 atom stereocenters. The summed E-state index contributed by atoms with van der Waals surface area (Å²) in [5.41, 5.74) is 15.2. The van der Waals surface area contributed by atoms with E-state index in [-0.39, 0.29) is 0 Å². The number of aryl methyl sites for hydroxylation is 2. The number of hydrogen-bond donors (Lipinski definition) is 0. The van der Waals surface area contributed by atoms with E-state index in [1.54, 1.807) is 0 Å². The summed E-state index contributed by atoms with van der Waals surface area (Å²) in [5, 5.41) is 6.14. The zero-order valence-corrected chi connectivity index (χ0v) is 31.3. The number of para-hydroxylation sites is 3. The Labute approximate surface area is 325 Å². The molecule has 3 aromatic heterocycles. The lowest BCUT2D eigenvalue weighted by Gasteiger charge is -2.26. The van der Waals surface area contributed by atoms with Crippen LogP contribution < -0.4 is 4.90 Å². The standard InChI is InChI=1S/C52H38N4/c1-35-19-23-39(24-20-35)54(43-27-28-50-46(33-43)44-15-6-8-17-48(44)55(50)40-25-21-36(2)22-26-40)41-13-10-14-42(32-41)56-49-18-9-7-16-45(49)47-34-51-37(31-52(47)56)29-30-53(51)38-11-4-3-5-12-38/h3-34H,1-2H3. The Morgan fingerprint density at radius 1 is 0.339 bits per heavy atom. The van der Waals surface area contributed by atoms with E-state index in [9.17, 15) is 0 Å². The highest BCUT2D eigenvalue weighted by Crippen LogP contribution is 2.42. The van der Waals surface area contributed by atoms with Gasteiger partial charge in [-0.3, -0.25) is 0 Å². The molecule has 3 heterocycles. The fourth-order valence-electron chi connectivity index (χ4n) is 8.67. The Kier molecular flexibility index (Phi) is 7.26. The van der Waals surface area contributed by atoms with Crippen molar-refractivity contribution in [2.75, 3.05) is 4.90 Å². The van der Waals surface area contributed by atoms with Crippen LogP contribution in [0.5, 0.6) is 0 Å². The molecule has 0 fully saturated rings. The fraction of sp³-hybridized carbons (Fsp3) is 0.0385. The Bertz CT molecular complexity index is 3250. The zero-order valence-electron chi connectivity index (χ0n) is 31.3. The van der Waals surface area contributed by atoms with Crippen molar-refractivity contribution in [2.45, 2.75) is 13.8 Å². The van der Waals surface area contributed by atoms with Crippen LogP contribution in [0.25, 0.3) is 71.6 Å². The van der Waals surface area contributed by atoms with E-state index in [1.807, 2.05) is 0 Å². The third-order valence-corrected chi connectivity index (χ3v) is 11.4. The summed E-state index contributed by atoms with van der Waals surface area (Å²) in [4.78, 5) is 2.40. The predicted octanol–water partition coefficient (Wildman–Crippen LogP) is 13.9. The van der Waals surface area contributed by atoms with Crippen LogP contribution in [-0.4, -0.2) is 13.7 Å². The normalized spacial score (nSPS) is 11.8. The topological polar surface area (TPSA) is 18.0 Å². The lowest BCUT2D eigenvalue weighted by Crippen LogP contribution is -2.10. The van der Waals surface area contributed by atoms with Gasteiger partial charge in [-0.25, -0.2) is 0 Å². The SMILES string of the molecule is Cc1ccc(N(c2cccc(-n3c4ccccc4c4cc5c(ccn5-c5ccccc5)cc43)c2)c2ccc3c(c2)c2ccccc2n3-c2ccc(C)cc2)cc1. The molecule has 11 aromatic rings. The summed E-state index contributed by atoms with van der Waals surface area (Å²) >= 11 is 0. The van der Waals surface area contributed by atoms with Gasteiger partial charge in [0, 0.05) is 67.3 Å². The van der Waals surface area contributed by atoms with Crippen LogP contribution in [0.2, 0.25) is 0 Å². The summed E-state index contributed by atoms with van der Waals surface area (Å²) < 4.78 is 7.10. The van der Waals surface area contributed by atoms with Crippen LogP contribution in [0.1, 0.15) is 11.1 Å². The molecule has 0 unspecified atom stereocenters. The molecule has 0 saturated carbocycles. The van der Waals surface area contributed by atoms with Crippen molar-refractivity contribution in [3.05, 3.63) is 205 Å². The van der Waals surface area contributed by atoms with E-state index in [0.29, 0.717) is 0 Å². The van der Waals surface area contributed by atoms with Gasteiger partial charge in [-0.1, -0.05) is 96.1 Å². The Balaban J connectivity index is 1.11. The molecule has 0 amide bonds. The maximum atomic E-state index is 2.43. The molecule has 4 heteroatoms. The number of hydrogen-bond acceptors (Lipinski definition) is 1. The summed E-state index contributed by atoms with van der Waals surface area (Å²) in [5.74, 6) is 0. The van der Waals surface area contributed by atoms with Gasteiger partial charge in [0.1, 0.15) is 0 Å². The first kappa shape index (κ1) is 32.2. The maximum absolute atomic E-state index is 2.43. The van der Waals surface area contributed by atoms with Gasteiger partial charge in [0.15, 0.2) is 0 Å². The first-order valence-electron chi connectivity index (χ1n) is 19.3. The lowest BCUT2D eigenvalue weighted by atomic mass is 10.1. The largest absolute Gasteiger partial charge is 0.317 e. The van der Waals surface area contributed by atoms with Crippen molar-refractivity contribution in [1.82, 2.24) is 13.7 Å². The summed E-state index contributed by atoms with van der Waals surface area (Å²) in [6.07, 6.45) is 2.18. The van der Waals surface area contributed by atoms with Gasteiger partial charge in [-0.05, 0) is 117 Å². The van der Waals surface area contributed by atoms with Gasteiger partial charge in [-0.2, -0.15) is 0 Å². The molecule has 0 aliphatic carbocycles. The quantitative estimate of drug-likeness (QED) is 0.167. The molecule has 0 bridgehead atoms. The van der Waals surface area contributed by atoms with Crippen LogP contribution in [-0.2, 0) is 0 Å². The Morgan fingerprint density at radius 2 is 0.911 bits per heavy atom. The van der Waals surface area contributed by atoms with Crippen molar-refractivity contribution in [3.63, 3.8) is 0 Å². The molecule has 0 aliphatic heterocycles. The Morgan fingerprint density at radius 3 is 1.64 bits per heavy atom. The fourth-order valence-corrected chi connectivity index (χ4v) is 8.67. The van der Waals surface area contributed by atoms with Crippen LogP contribution >= 0.6 is 0 Å². The van der Waals surface area contributed by atoms with E-state index in [1.165, 1.54) is 65.6 Å². The molecule has 0 spiro atoms. The van der Waals surface area contributed by atoms with Crippen LogP contribution in [0.4, 0.5) is 17.1 Å². The lowest BCUT2D eigenvalue weighted by molar-refractivity contribution is 1.13. The predicted molar refractivity (Wildman–Crippen MR) is 236 cm³/mol. The van der Waals surface area contributed by atoms with E-state index < -0.39 is 0 Å². The molecule has 56 heavy (non-hydrogen) atoms. The van der Waals surface area contributed by atoms with Gasteiger partial charge in [0.25, 0.3) is 0 Å². The average Bonchev–Trinajstić information content (AvgIpc) is 3.91. The third-order valence-electron chi connectivity index (χ3n) is 11.4. The highest BCUT2D eigenvalue weighted by Gasteiger charge is 2.20. The van der Waals surface area contributed by atoms with Crippen molar-refractivity contribution in [1.29, 1.82) is 0 Å². The zero-order chi connectivity index (χ0) is 37.3. The van der Waals surface area contributed by atoms with Gasteiger partial charge >= 0.3 is 0 Å². The number of fused-ring (bicyclic) bond motifs is 7. The summed E-state index contributed by atoms with van der Waals surface area (Å²) in [7, 11) is 0. The minimum atomic E-state index is 1.09. The molecule has 266 valence electrons. The van der Waals surface area contributed by atoms with Crippen LogP contribution in [0.15, 0.2) is 194 Å². The second kappa shape index (κ2) is 12.6. The molecule has 0 saturated heterocycles. The molecule has 4 nitrogen and oxygen atoms in total. The van der Waals surface area contributed by atoms with Crippen LogP contribution in [0, 0.1) is 13.8 Å². The number of nitrogens with zero attached hydrogens (tertiary/aromatic N) is 4. The van der Waals surface area contributed by atoms with Gasteiger partial charge < -0.3 is 18.6 Å². The highest BCUT2D eigenvalue weighted by atomic mass is 15.1. The minimum Gasteiger partial charge on any atom is -0.317 e. The summed E-state index contributed by atoms with van der Waals surface area (Å²) in [6, 6.07) is 68.7. The minimum absolute atomic E-state index is 1.09. The van der Waals surface area contributed by atoms with E-state index in [0.717, 1.165) is 34.1 Å². The van der Waals surface area contributed by atoms with Crippen molar-refractivity contribution in [2.24, 2.45) is 0 Å². The van der Waals surface area contributed by atoms with E-state index in [4.69, 9.17) is 0 Å². The molecule has 11 rings (SSSR count). The highest BCUT2D eigenvalue weighted by molar-refractivity contribution is 6.14. The molecule has 8 aromatic carbocycles. The second-order valence-corrected chi connectivity index (χ2v) is 14.9. The number of aromatic nitrogens is 3. The van der Waals surface area contributed by atoms with Crippen LogP contribution in [0.3, 0.4) is 0 Å². The van der Waals surface area contributed by atoms with Crippen molar-refractivity contribution >= 4 is 71.6 Å². The molecule has 0 aliphatic rings.